The number of ether oxygens (including phenoxy) is 1. The lowest BCUT2D eigenvalue weighted by molar-refractivity contribution is -0.117. The molecule has 2 aromatic carbocycles. The number of halogens is 3. The molecule has 0 bridgehead atoms. The van der Waals surface area contributed by atoms with Crippen molar-refractivity contribution in [3.05, 3.63) is 69.7 Å². The summed E-state index contributed by atoms with van der Waals surface area (Å²) in [6.45, 7) is -0.00941. The first kappa shape index (κ1) is 17.8. The minimum Gasteiger partial charge on any atom is -0.486 e. The van der Waals surface area contributed by atoms with Crippen LogP contribution < -0.4 is 10.1 Å². The molecule has 4 rings (SSSR count). The average Bonchev–Trinajstić information content (AvgIpc) is 3.09. The summed E-state index contributed by atoms with van der Waals surface area (Å²) in [6.07, 6.45) is 1.54. The van der Waals surface area contributed by atoms with Gasteiger partial charge in [0.2, 0.25) is 11.9 Å². The van der Waals surface area contributed by atoms with Gasteiger partial charge in [-0.1, -0.05) is 41.4 Å². The number of anilines is 1. The second-order valence-corrected chi connectivity index (χ2v) is 6.80. The monoisotopic (exact) mass is 406 g/mol. The summed E-state index contributed by atoms with van der Waals surface area (Å²) in [5, 5.41) is 7.33. The zero-order valence-corrected chi connectivity index (χ0v) is 15.3. The van der Waals surface area contributed by atoms with E-state index in [2.05, 4.69) is 15.4 Å². The number of aromatic nitrogens is 3. The van der Waals surface area contributed by atoms with E-state index in [9.17, 15) is 9.18 Å². The summed E-state index contributed by atoms with van der Waals surface area (Å²) in [6, 6.07) is 9.25. The Bertz CT molecular complexity index is 1000. The molecule has 1 N–H and O–H groups in total. The van der Waals surface area contributed by atoms with E-state index in [-0.39, 0.29) is 46.6 Å². The molecule has 0 fully saturated rings. The van der Waals surface area contributed by atoms with E-state index in [0.29, 0.717) is 17.1 Å². The van der Waals surface area contributed by atoms with Crippen LogP contribution in [0.5, 0.6) is 5.75 Å². The third-order valence-electron chi connectivity index (χ3n) is 4.23. The van der Waals surface area contributed by atoms with Crippen molar-refractivity contribution in [2.45, 2.75) is 19.1 Å². The van der Waals surface area contributed by atoms with E-state index in [4.69, 9.17) is 27.9 Å². The van der Waals surface area contributed by atoms with Crippen molar-refractivity contribution in [3.8, 4) is 5.75 Å². The highest BCUT2D eigenvalue weighted by atomic mass is 35.5. The van der Waals surface area contributed by atoms with Crippen LogP contribution in [-0.4, -0.2) is 20.7 Å². The number of nitrogens with zero attached hydrogens (tertiary/aromatic N) is 3. The Labute approximate surface area is 163 Å². The summed E-state index contributed by atoms with van der Waals surface area (Å²) in [5.41, 5.74) is 1.09. The number of rotatable bonds is 4. The molecular formula is C18H13Cl2FN4O2. The lowest BCUT2D eigenvalue weighted by Crippen LogP contribution is -2.29. The van der Waals surface area contributed by atoms with Crippen molar-refractivity contribution in [2.75, 3.05) is 5.32 Å². The molecule has 6 nitrogen and oxygen atoms in total. The van der Waals surface area contributed by atoms with Gasteiger partial charge in [0, 0.05) is 5.56 Å². The minimum absolute atomic E-state index is 0.00941. The van der Waals surface area contributed by atoms with Crippen LogP contribution in [0.2, 0.25) is 10.0 Å². The molecule has 0 aliphatic carbocycles. The van der Waals surface area contributed by atoms with Crippen LogP contribution in [0.4, 0.5) is 10.3 Å². The molecule has 1 aliphatic heterocycles. The van der Waals surface area contributed by atoms with Gasteiger partial charge >= 0.3 is 0 Å². The van der Waals surface area contributed by atoms with Crippen LogP contribution in [0.15, 0.2) is 42.7 Å². The standard InChI is InChI=1S/C18H13Cl2FN4O2/c19-12-5-11(15-7-16(26)24-18-22-9-23-25(15)18)6-13(20)17(12)27-8-10-3-1-2-4-14(10)21/h1-6,9,15H,7-8H2,(H,22,23,24,26)/t15-/m0/s1. The summed E-state index contributed by atoms with van der Waals surface area (Å²) in [5.74, 6) is 0.0775. The lowest BCUT2D eigenvalue weighted by atomic mass is 10.0. The average molecular weight is 407 g/mol. The summed E-state index contributed by atoms with van der Waals surface area (Å²) in [4.78, 5) is 15.9. The Morgan fingerprint density at radius 3 is 2.74 bits per heavy atom. The fourth-order valence-electron chi connectivity index (χ4n) is 2.94. The Morgan fingerprint density at radius 1 is 1.26 bits per heavy atom. The van der Waals surface area contributed by atoms with Gasteiger partial charge in [-0.15, -0.1) is 0 Å². The van der Waals surface area contributed by atoms with Crippen LogP contribution in [0, 0.1) is 5.82 Å². The number of fused-ring (bicyclic) bond motifs is 1. The number of hydrogen-bond acceptors (Lipinski definition) is 4. The zero-order chi connectivity index (χ0) is 19.0. The number of hydrogen-bond donors (Lipinski definition) is 1. The predicted molar refractivity (Wildman–Crippen MR) is 98.6 cm³/mol. The normalized spacial score (nSPS) is 16.0. The fraction of sp³-hybridized carbons (Fsp3) is 0.167. The van der Waals surface area contributed by atoms with Crippen LogP contribution in [0.3, 0.4) is 0 Å². The highest BCUT2D eigenvalue weighted by Gasteiger charge is 2.28. The second-order valence-electron chi connectivity index (χ2n) is 5.99. The van der Waals surface area contributed by atoms with E-state index < -0.39 is 0 Å². The lowest BCUT2D eigenvalue weighted by Gasteiger charge is -2.24. The van der Waals surface area contributed by atoms with Crippen LogP contribution in [0.1, 0.15) is 23.6 Å². The Hall–Kier alpha value is -2.64. The van der Waals surface area contributed by atoms with Gasteiger partial charge in [0.25, 0.3) is 0 Å². The van der Waals surface area contributed by atoms with E-state index in [1.807, 2.05) is 0 Å². The zero-order valence-electron chi connectivity index (χ0n) is 13.8. The summed E-state index contributed by atoms with van der Waals surface area (Å²) in [7, 11) is 0. The first-order valence-corrected chi connectivity index (χ1v) is 8.83. The molecule has 0 saturated heterocycles. The first-order chi connectivity index (χ1) is 13.0. The summed E-state index contributed by atoms with van der Waals surface area (Å²) < 4.78 is 21.0. The maximum atomic E-state index is 13.7. The van der Waals surface area contributed by atoms with Crippen LogP contribution in [-0.2, 0) is 11.4 Å². The number of benzene rings is 2. The van der Waals surface area contributed by atoms with E-state index in [0.717, 1.165) is 0 Å². The quantitative estimate of drug-likeness (QED) is 0.703. The Balaban J connectivity index is 1.61. The molecule has 138 valence electrons. The van der Waals surface area contributed by atoms with Gasteiger partial charge in [-0.05, 0) is 23.8 Å². The van der Waals surface area contributed by atoms with Crippen molar-refractivity contribution in [2.24, 2.45) is 0 Å². The van der Waals surface area contributed by atoms with Crippen molar-refractivity contribution >= 4 is 35.1 Å². The summed E-state index contributed by atoms with van der Waals surface area (Å²) >= 11 is 12.7. The van der Waals surface area contributed by atoms with Gasteiger partial charge in [0.15, 0.2) is 5.75 Å². The molecule has 2 heterocycles. The maximum Gasteiger partial charge on any atom is 0.229 e. The highest BCUT2D eigenvalue weighted by Crippen LogP contribution is 2.39. The third kappa shape index (κ3) is 3.48. The van der Waals surface area contributed by atoms with Crippen molar-refractivity contribution < 1.29 is 13.9 Å². The molecular weight excluding hydrogens is 394 g/mol. The van der Waals surface area contributed by atoms with Crippen molar-refractivity contribution in [3.63, 3.8) is 0 Å². The molecule has 3 aromatic rings. The van der Waals surface area contributed by atoms with E-state index in [1.165, 1.54) is 12.4 Å². The number of nitrogens with one attached hydrogen (secondary N) is 1. The SMILES string of the molecule is O=C1C[C@@H](c2cc(Cl)c(OCc3ccccc3F)c(Cl)c2)n2ncnc2N1. The largest absolute Gasteiger partial charge is 0.486 e. The fourth-order valence-corrected chi connectivity index (χ4v) is 3.55. The topological polar surface area (TPSA) is 69.0 Å². The number of carbonyl (C=O) groups excluding carboxylic acids is 1. The number of carbonyl (C=O) groups is 1. The number of amides is 1. The van der Waals surface area contributed by atoms with Crippen LogP contribution in [0.25, 0.3) is 0 Å². The molecule has 1 atom stereocenters. The molecule has 0 unspecified atom stereocenters. The molecule has 1 aromatic heterocycles. The van der Waals surface area contributed by atoms with Crippen LogP contribution >= 0.6 is 23.2 Å². The Kier molecular flexibility index (Phi) is 4.72. The molecule has 0 spiro atoms. The molecule has 9 heteroatoms. The third-order valence-corrected chi connectivity index (χ3v) is 4.79. The second kappa shape index (κ2) is 7.17. The molecule has 0 saturated carbocycles. The van der Waals surface area contributed by atoms with Gasteiger partial charge in [0.1, 0.15) is 18.8 Å². The maximum absolute atomic E-state index is 13.7. The predicted octanol–water partition coefficient (Wildman–Crippen LogP) is 4.23. The van der Waals surface area contributed by atoms with Crippen molar-refractivity contribution in [1.82, 2.24) is 14.8 Å². The van der Waals surface area contributed by atoms with Gasteiger partial charge in [-0.2, -0.15) is 10.1 Å². The Morgan fingerprint density at radius 2 is 2.00 bits per heavy atom. The van der Waals surface area contributed by atoms with E-state index in [1.54, 1.807) is 35.0 Å². The molecule has 0 radical (unpaired) electrons. The van der Waals surface area contributed by atoms with Gasteiger partial charge < -0.3 is 4.74 Å². The molecule has 27 heavy (non-hydrogen) atoms. The molecule has 1 amide bonds. The van der Waals surface area contributed by atoms with Gasteiger partial charge in [-0.3, -0.25) is 10.1 Å². The minimum atomic E-state index is -0.383. The molecule has 1 aliphatic rings. The van der Waals surface area contributed by atoms with Gasteiger partial charge in [0.05, 0.1) is 22.5 Å². The smallest absolute Gasteiger partial charge is 0.229 e. The van der Waals surface area contributed by atoms with E-state index >= 15 is 0 Å². The van der Waals surface area contributed by atoms with Crippen molar-refractivity contribution in [1.29, 1.82) is 0 Å². The van der Waals surface area contributed by atoms with Gasteiger partial charge in [-0.25, -0.2) is 9.07 Å². The first-order valence-electron chi connectivity index (χ1n) is 8.07. The highest BCUT2D eigenvalue weighted by molar-refractivity contribution is 6.37.